The van der Waals surface area contributed by atoms with Crippen molar-refractivity contribution in [3.05, 3.63) is 66.7 Å². The molecule has 6 heteroatoms. The van der Waals surface area contributed by atoms with Crippen molar-refractivity contribution in [2.24, 2.45) is 0 Å². The third kappa shape index (κ3) is 4.23. The van der Waals surface area contributed by atoms with Gasteiger partial charge in [0.25, 0.3) is 0 Å². The van der Waals surface area contributed by atoms with Crippen LogP contribution in [0.2, 0.25) is 18.1 Å². The van der Waals surface area contributed by atoms with E-state index in [1.54, 1.807) is 0 Å². The highest BCUT2D eigenvalue weighted by Crippen LogP contribution is 2.46. The van der Waals surface area contributed by atoms with Crippen molar-refractivity contribution in [1.29, 1.82) is 0 Å². The van der Waals surface area contributed by atoms with Gasteiger partial charge in [-0.1, -0.05) is 87.5 Å². The lowest BCUT2D eigenvalue weighted by Gasteiger charge is -2.38. The highest BCUT2D eigenvalue weighted by Gasteiger charge is 2.54. The predicted octanol–water partition coefficient (Wildman–Crippen LogP) is 7.93. The van der Waals surface area contributed by atoms with Gasteiger partial charge in [0.1, 0.15) is 5.75 Å². The number of nitrogen functional groups attached to an aromatic ring is 1. The molecule has 1 aliphatic heterocycles. The number of fused-ring (bicyclic) bond motifs is 2. The van der Waals surface area contributed by atoms with Crippen molar-refractivity contribution >= 4 is 48.1 Å². The Bertz CT molecular complexity index is 1520. The van der Waals surface area contributed by atoms with Gasteiger partial charge in [0.05, 0.1) is 11.2 Å². The van der Waals surface area contributed by atoms with Crippen LogP contribution in [-0.4, -0.2) is 26.6 Å². The van der Waals surface area contributed by atoms with Crippen molar-refractivity contribution in [1.82, 2.24) is 0 Å². The van der Waals surface area contributed by atoms with Gasteiger partial charge in [-0.3, -0.25) is 0 Å². The second kappa shape index (κ2) is 8.87. The zero-order valence-corrected chi connectivity index (χ0v) is 25.2. The third-order valence-electron chi connectivity index (χ3n) is 8.96. The van der Waals surface area contributed by atoms with E-state index < -0.39 is 26.6 Å². The van der Waals surface area contributed by atoms with Crippen LogP contribution in [-0.2, 0) is 9.31 Å². The molecular weight excluding hydrogens is 485 g/mol. The van der Waals surface area contributed by atoms with E-state index in [4.69, 9.17) is 19.5 Å². The Labute approximate surface area is 228 Å². The minimum Gasteiger partial charge on any atom is -0.543 e. The van der Waals surface area contributed by atoms with Gasteiger partial charge < -0.3 is 19.5 Å². The summed E-state index contributed by atoms with van der Waals surface area (Å²) in [6.07, 6.45) is 0. The molecule has 4 aromatic rings. The minimum absolute atomic E-state index is 0.00228. The Hall–Kier alpha value is -2.80. The van der Waals surface area contributed by atoms with Crippen LogP contribution in [0.25, 0.3) is 32.7 Å². The van der Waals surface area contributed by atoms with E-state index in [0.717, 1.165) is 43.9 Å². The van der Waals surface area contributed by atoms with Gasteiger partial charge in [-0.15, -0.1) is 0 Å². The Morgan fingerprint density at radius 1 is 0.763 bits per heavy atom. The monoisotopic (exact) mass is 525 g/mol. The largest absolute Gasteiger partial charge is 0.543 e. The van der Waals surface area contributed by atoms with Gasteiger partial charge >= 0.3 is 7.12 Å². The second-order valence-electron chi connectivity index (χ2n) is 13.1. The molecule has 0 saturated carbocycles. The molecule has 0 atom stereocenters. The fraction of sp³-hybridized carbons (Fsp3) is 0.375. The normalized spacial score (nSPS) is 17.3. The molecule has 1 fully saturated rings. The first-order chi connectivity index (χ1) is 17.6. The average Bonchev–Trinajstić information content (AvgIpc) is 3.06. The number of rotatable bonds is 4. The molecular formula is C32H40BNO3Si. The predicted molar refractivity (Wildman–Crippen MR) is 165 cm³/mol. The first kappa shape index (κ1) is 26.8. The molecule has 1 heterocycles. The van der Waals surface area contributed by atoms with Crippen LogP contribution in [0.1, 0.15) is 48.5 Å². The lowest BCUT2D eigenvalue weighted by molar-refractivity contribution is 0.00578. The lowest BCUT2D eigenvalue weighted by atomic mass is 9.71. The summed E-state index contributed by atoms with van der Waals surface area (Å²) in [7, 11) is -2.90. The van der Waals surface area contributed by atoms with Gasteiger partial charge in [-0.05, 0) is 62.2 Å². The molecule has 198 valence electrons. The molecule has 2 N–H and O–H groups in total. The van der Waals surface area contributed by atoms with Crippen molar-refractivity contribution in [2.75, 3.05) is 5.73 Å². The molecule has 0 bridgehead atoms. The van der Waals surface area contributed by atoms with Gasteiger partial charge in [0.15, 0.2) is 0 Å². The summed E-state index contributed by atoms with van der Waals surface area (Å²) in [5.74, 6) is 0.822. The minimum atomic E-state index is -2.26. The molecule has 0 unspecified atom stereocenters. The molecule has 0 spiro atoms. The van der Waals surface area contributed by atoms with Crippen molar-refractivity contribution in [2.45, 2.75) is 77.8 Å². The highest BCUT2D eigenvalue weighted by atomic mass is 28.4. The SMILES string of the molecule is CC1(C)OB(c2c(-c3cccc4ccccc34)c(N)c3ccccc3c2O[Si](C)(C)C(C)(C)C)OC1(C)C. The van der Waals surface area contributed by atoms with E-state index in [2.05, 4.69) is 116 Å². The lowest BCUT2D eigenvalue weighted by Crippen LogP contribution is -2.47. The molecule has 0 radical (unpaired) electrons. The van der Waals surface area contributed by atoms with Crippen LogP contribution in [0.3, 0.4) is 0 Å². The molecule has 0 aromatic heterocycles. The van der Waals surface area contributed by atoms with Crippen LogP contribution < -0.4 is 15.6 Å². The zero-order chi connectivity index (χ0) is 27.7. The smallest absolute Gasteiger partial charge is 0.499 e. The number of nitrogens with two attached hydrogens (primary N) is 1. The Morgan fingerprint density at radius 3 is 1.89 bits per heavy atom. The maximum Gasteiger partial charge on any atom is 0.499 e. The molecule has 0 amide bonds. The summed E-state index contributed by atoms with van der Waals surface area (Å²) in [4.78, 5) is 0. The molecule has 4 aromatic carbocycles. The third-order valence-corrected chi connectivity index (χ3v) is 13.3. The maximum absolute atomic E-state index is 7.21. The quantitative estimate of drug-likeness (QED) is 0.217. The van der Waals surface area contributed by atoms with Crippen molar-refractivity contribution < 1.29 is 13.7 Å². The topological polar surface area (TPSA) is 53.7 Å². The number of hydrogen-bond donors (Lipinski definition) is 1. The second-order valence-corrected chi connectivity index (χ2v) is 17.8. The maximum atomic E-state index is 7.21. The zero-order valence-electron chi connectivity index (χ0n) is 24.2. The summed E-state index contributed by atoms with van der Waals surface area (Å²) in [6.45, 7) is 19.7. The summed E-state index contributed by atoms with van der Waals surface area (Å²) in [6, 6.07) is 23.1. The fourth-order valence-electron chi connectivity index (χ4n) is 4.89. The van der Waals surface area contributed by atoms with Crippen molar-refractivity contribution in [3.8, 4) is 16.9 Å². The van der Waals surface area contributed by atoms with Crippen LogP contribution in [0.5, 0.6) is 5.75 Å². The number of anilines is 1. The summed E-state index contributed by atoms with van der Waals surface area (Å²) < 4.78 is 20.7. The van der Waals surface area contributed by atoms with Gasteiger partial charge in [-0.2, -0.15) is 0 Å². The van der Waals surface area contributed by atoms with Crippen LogP contribution in [0, 0.1) is 0 Å². The fourth-order valence-corrected chi connectivity index (χ4v) is 5.93. The van der Waals surface area contributed by atoms with Crippen molar-refractivity contribution in [3.63, 3.8) is 0 Å². The van der Waals surface area contributed by atoms with Gasteiger partial charge in [0, 0.05) is 27.5 Å². The standard InChI is InChI=1S/C32H40BNO3Si/c1-30(2,3)38(8,9)35-29-25-19-13-12-18-24(25)28(34)26(23-20-14-16-21-15-10-11-17-22(21)23)27(29)33-36-31(4,5)32(6,7)37-33/h10-20H,34H2,1-9H3. The Kier molecular flexibility index (Phi) is 6.25. The summed E-state index contributed by atoms with van der Waals surface area (Å²) >= 11 is 0. The molecule has 0 aliphatic carbocycles. The molecule has 1 aliphatic rings. The van der Waals surface area contributed by atoms with Crippen LogP contribution in [0.15, 0.2) is 66.7 Å². The Balaban J connectivity index is 1.92. The molecule has 38 heavy (non-hydrogen) atoms. The van der Waals surface area contributed by atoms with E-state index in [-0.39, 0.29) is 5.04 Å². The van der Waals surface area contributed by atoms with E-state index in [9.17, 15) is 0 Å². The van der Waals surface area contributed by atoms with Crippen LogP contribution in [0.4, 0.5) is 5.69 Å². The van der Waals surface area contributed by atoms with E-state index in [1.807, 2.05) is 12.1 Å². The van der Waals surface area contributed by atoms with Gasteiger partial charge in [-0.25, -0.2) is 0 Å². The van der Waals surface area contributed by atoms with E-state index in [0.29, 0.717) is 5.69 Å². The van der Waals surface area contributed by atoms with E-state index >= 15 is 0 Å². The van der Waals surface area contributed by atoms with E-state index in [1.165, 1.54) is 0 Å². The first-order valence-corrected chi connectivity index (χ1v) is 16.4. The number of hydrogen-bond acceptors (Lipinski definition) is 4. The van der Waals surface area contributed by atoms with Gasteiger partial charge in [0.2, 0.25) is 8.32 Å². The first-order valence-electron chi connectivity index (χ1n) is 13.5. The highest BCUT2D eigenvalue weighted by molar-refractivity contribution is 6.75. The Morgan fingerprint density at radius 2 is 1.29 bits per heavy atom. The van der Waals surface area contributed by atoms with Crippen LogP contribution >= 0.6 is 0 Å². The molecule has 4 nitrogen and oxygen atoms in total. The molecule has 5 rings (SSSR count). The summed E-state index contributed by atoms with van der Waals surface area (Å²) in [5, 5.41) is 4.26. The number of benzene rings is 4. The average molecular weight is 526 g/mol. The summed E-state index contributed by atoms with van der Waals surface area (Å²) in [5.41, 5.74) is 9.65. The molecule has 1 saturated heterocycles.